The van der Waals surface area contributed by atoms with Crippen LogP contribution < -0.4 is 10.2 Å². The number of hydrogen-bond donors (Lipinski definition) is 1. The summed E-state index contributed by atoms with van der Waals surface area (Å²) in [5, 5.41) is 3.80. The number of carbonyl (C=O) groups is 2. The first-order valence-corrected chi connectivity index (χ1v) is 8.98. The van der Waals surface area contributed by atoms with E-state index in [1.54, 1.807) is 54.6 Å². The summed E-state index contributed by atoms with van der Waals surface area (Å²) in [6, 6.07) is 19.2. The highest BCUT2D eigenvalue weighted by atomic mass is 79.9. The summed E-state index contributed by atoms with van der Waals surface area (Å²) in [4.78, 5) is 24.0. The molecule has 0 atom stereocenters. The highest BCUT2D eigenvalue weighted by Crippen LogP contribution is 2.19. The Morgan fingerprint density at radius 2 is 1.57 bits per heavy atom. The number of nitrogens with one attached hydrogen (secondary N) is 1. The Hall–Kier alpha value is -3.32. The highest BCUT2D eigenvalue weighted by Gasteiger charge is 2.12. The molecule has 0 aromatic heterocycles. The van der Waals surface area contributed by atoms with Crippen molar-refractivity contribution in [3.8, 4) is 5.75 Å². The molecule has 0 bridgehead atoms. The zero-order valence-corrected chi connectivity index (χ0v) is 16.0. The maximum atomic E-state index is 13.5. The summed E-state index contributed by atoms with van der Waals surface area (Å²) in [6.45, 7) is 0. The lowest BCUT2D eigenvalue weighted by molar-refractivity contribution is 0.0733. The number of nitrogens with zero attached hydrogens (tertiary/aromatic N) is 1. The Labute approximate surface area is 169 Å². The molecule has 0 saturated heterocycles. The van der Waals surface area contributed by atoms with Crippen molar-refractivity contribution in [3.05, 3.63) is 99.8 Å². The molecule has 1 amide bonds. The summed E-state index contributed by atoms with van der Waals surface area (Å²) in [5.41, 5.74) is 3.26. The number of benzene rings is 3. The zero-order valence-electron chi connectivity index (χ0n) is 14.4. The standard InChI is InChI=1S/C21H14BrFN2O3/c22-18-7-3-1-5-16(18)21(27)28-15-11-9-14(10-12-15)13-24-25-20(26)17-6-2-4-8-19(17)23/h1-13H,(H,25,26)/b24-13-. The number of amides is 1. The van der Waals surface area contributed by atoms with Gasteiger partial charge in [0.2, 0.25) is 0 Å². The molecule has 3 aromatic carbocycles. The molecular weight excluding hydrogens is 427 g/mol. The van der Waals surface area contributed by atoms with Crippen molar-refractivity contribution in [2.45, 2.75) is 0 Å². The molecule has 0 aliphatic heterocycles. The van der Waals surface area contributed by atoms with Crippen LogP contribution in [0, 0.1) is 5.82 Å². The fraction of sp³-hybridized carbons (Fsp3) is 0. The molecule has 0 unspecified atom stereocenters. The van der Waals surface area contributed by atoms with Crippen molar-refractivity contribution in [2.24, 2.45) is 5.10 Å². The first-order chi connectivity index (χ1) is 13.5. The van der Waals surface area contributed by atoms with E-state index < -0.39 is 17.7 Å². The predicted octanol–water partition coefficient (Wildman–Crippen LogP) is 4.57. The molecule has 0 spiro atoms. The van der Waals surface area contributed by atoms with Gasteiger partial charge in [-0.2, -0.15) is 5.10 Å². The quantitative estimate of drug-likeness (QED) is 0.273. The van der Waals surface area contributed by atoms with Crippen LogP contribution in [0.15, 0.2) is 82.4 Å². The van der Waals surface area contributed by atoms with Crippen molar-refractivity contribution in [3.63, 3.8) is 0 Å². The largest absolute Gasteiger partial charge is 0.423 e. The molecule has 0 heterocycles. The van der Waals surface area contributed by atoms with Crippen LogP contribution >= 0.6 is 15.9 Å². The molecule has 0 aliphatic rings. The number of ether oxygens (including phenoxy) is 1. The van der Waals surface area contributed by atoms with E-state index in [0.29, 0.717) is 21.3 Å². The van der Waals surface area contributed by atoms with Gasteiger partial charge in [0.25, 0.3) is 5.91 Å². The Morgan fingerprint density at radius 1 is 0.929 bits per heavy atom. The molecule has 1 N–H and O–H groups in total. The molecule has 0 aliphatic carbocycles. The molecule has 0 fully saturated rings. The van der Waals surface area contributed by atoms with Gasteiger partial charge in [-0.15, -0.1) is 0 Å². The molecule has 3 aromatic rings. The van der Waals surface area contributed by atoms with Crippen molar-refractivity contribution in [1.82, 2.24) is 5.43 Å². The molecule has 5 nitrogen and oxygen atoms in total. The first kappa shape index (κ1) is 19.4. The van der Waals surface area contributed by atoms with E-state index in [1.165, 1.54) is 24.4 Å². The highest BCUT2D eigenvalue weighted by molar-refractivity contribution is 9.10. The van der Waals surface area contributed by atoms with E-state index >= 15 is 0 Å². The Morgan fingerprint density at radius 3 is 2.25 bits per heavy atom. The van der Waals surface area contributed by atoms with E-state index in [-0.39, 0.29) is 5.56 Å². The van der Waals surface area contributed by atoms with E-state index in [4.69, 9.17) is 4.74 Å². The van der Waals surface area contributed by atoms with E-state index in [2.05, 4.69) is 26.5 Å². The zero-order chi connectivity index (χ0) is 19.9. The predicted molar refractivity (Wildman–Crippen MR) is 107 cm³/mol. The van der Waals surface area contributed by atoms with Crippen molar-refractivity contribution < 1.29 is 18.7 Å². The fourth-order valence-electron chi connectivity index (χ4n) is 2.28. The van der Waals surface area contributed by atoms with E-state index in [1.807, 2.05) is 0 Å². The van der Waals surface area contributed by atoms with Crippen LogP contribution in [0.4, 0.5) is 4.39 Å². The molecule has 0 saturated carbocycles. The molecular formula is C21H14BrFN2O3. The van der Waals surface area contributed by atoms with Crippen LogP contribution in [0.1, 0.15) is 26.3 Å². The summed E-state index contributed by atoms with van der Waals surface area (Å²) < 4.78 is 19.5. The topological polar surface area (TPSA) is 67.8 Å². The fourth-order valence-corrected chi connectivity index (χ4v) is 2.73. The van der Waals surface area contributed by atoms with Crippen LogP contribution in [0.3, 0.4) is 0 Å². The average molecular weight is 441 g/mol. The summed E-state index contributed by atoms with van der Waals surface area (Å²) in [7, 11) is 0. The van der Waals surface area contributed by atoms with Crippen LogP contribution in [0.2, 0.25) is 0 Å². The van der Waals surface area contributed by atoms with Gasteiger partial charge in [0, 0.05) is 4.47 Å². The average Bonchev–Trinajstić information content (AvgIpc) is 2.70. The SMILES string of the molecule is O=C(N/N=C\c1ccc(OC(=O)c2ccccc2Br)cc1)c1ccccc1F. The Bertz CT molecular complexity index is 1040. The number of hydrazone groups is 1. The monoisotopic (exact) mass is 440 g/mol. The second-order valence-electron chi connectivity index (χ2n) is 5.62. The smallest absolute Gasteiger partial charge is 0.344 e. The minimum absolute atomic E-state index is 0.0889. The van der Waals surface area contributed by atoms with Gasteiger partial charge >= 0.3 is 5.97 Å². The summed E-state index contributed by atoms with van der Waals surface area (Å²) in [5.74, 6) is -1.38. The minimum atomic E-state index is -0.645. The van der Waals surface area contributed by atoms with Gasteiger partial charge < -0.3 is 4.74 Å². The molecule has 7 heteroatoms. The van der Waals surface area contributed by atoms with Gasteiger partial charge in [0.1, 0.15) is 11.6 Å². The normalized spacial score (nSPS) is 10.6. The summed E-state index contributed by atoms with van der Waals surface area (Å²) >= 11 is 3.31. The van der Waals surface area contributed by atoms with Gasteiger partial charge in [-0.25, -0.2) is 14.6 Å². The molecule has 28 heavy (non-hydrogen) atoms. The third-order valence-electron chi connectivity index (χ3n) is 3.68. The maximum absolute atomic E-state index is 13.5. The number of rotatable bonds is 5. The maximum Gasteiger partial charge on any atom is 0.344 e. The second kappa shape index (κ2) is 9.05. The summed E-state index contributed by atoms with van der Waals surface area (Å²) in [6.07, 6.45) is 1.40. The van der Waals surface area contributed by atoms with E-state index in [9.17, 15) is 14.0 Å². The number of hydrogen-bond acceptors (Lipinski definition) is 4. The third kappa shape index (κ3) is 4.89. The number of halogens is 2. The van der Waals surface area contributed by atoms with Crippen molar-refractivity contribution >= 4 is 34.0 Å². The lowest BCUT2D eigenvalue weighted by Crippen LogP contribution is -2.18. The number of esters is 1. The van der Waals surface area contributed by atoms with Crippen LogP contribution in [0.25, 0.3) is 0 Å². The third-order valence-corrected chi connectivity index (χ3v) is 4.37. The number of carbonyl (C=O) groups excluding carboxylic acids is 2. The van der Waals surface area contributed by atoms with Crippen LogP contribution in [-0.4, -0.2) is 18.1 Å². The molecule has 140 valence electrons. The Balaban J connectivity index is 1.59. The van der Waals surface area contributed by atoms with Gasteiger partial charge in [0.05, 0.1) is 17.3 Å². The Kier molecular flexibility index (Phi) is 6.29. The lowest BCUT2D eigenvalue weighted by Gasteiger charge is -2.06. The van der Waals surface area contributed by atoms with Crippen molar-refractivity contribution in [1.29, 1.82) is 0 Å². The van der Waals surface area contributed by atoms with Gasteiger partial charge in [-0.3, -0.25) is 4.79 Å². The van der Waals surface area contributed by atoms with Gasteiger partial charge in [-0.05, 0) is 70.0 Å². The van der Waals surface area contributed by atoms with Crippen LogP contribution in [0.5, 0.6) is 5.75 Å². The minimum Gasteiger partial charge on any atom is -0.423 e. The molecule has 0 radical (unpaired) electrons. The lowest BCUT2D eigenvalue weighted by atomic mass is 10.2. The first-order valence-electron chi connectivity index (χ1n) is 8.19. The van der Waals surface area contributed by atoms with Crippen molar-refractivity contribution in [2.75, 3.05) is 0 Å². The van der Waals surface area contributed by atoms with Gasteiger partial charge in [-0.1, -0.05) is 24.3 Å². The van der Waals surface area contributed by atoms with Gasteiger partial charge in [0.15, 0.2) is 0 Å². The van der Waals surface area contributed by atoms with Crippen LogP contribution in [-0.2, 0) is 0 Å². The van der Waals surface area contributed by atoms with E-state index in [0.717, 1.165) is 0 Å². The second-order valence-corrected chi connectivity index (χ2v) is 6.47. The molecule has 3 rings (SSSR count).